The summed E-state index contributed by atoms with van der Waals surface area (Å²) in [6, 6.07) is -0.291. The number of aryl methyl sites for hydroxylation is 1. The van der Waals surface area contributed by atoms with Gasteiger partial charge in [0, 0.05) is 12.1 Å². The second kappa shape index (κ2) is 3.37. The van der Waals surface area contributed by atoms with E-state index in [-0.39, 0.29) is 6.42 Å². The minimum atomic E-state index is -4.35. The van der Waals surface area contributed by atoms with Crippen LogP contribution in [0, 0.1) is 6.92 Å². The van der Waals surface area contributed by atoms with E-state index in [0.29, 0.717) is 5.69 Å². The molecule has 0 radical (unpaired) electrons. The highest BCUT2D eigenvalue weighted by Crippen LogP contribution is 2.20. The van der Waals surface area contributed by atoms with E-state index in [4.69, 9.17) is 5.73 Å². The summed E-state index contributed by atoms with van der Waals surface area (Å²) in [6.07, 6.45) is -4.64. The van der Waals surface area contributed by atoms with E-state index in [1.807, 2.05) is 0 Å². The zero-order valence-electron chi connectivity index (χ0n) is 7.02. The number of aromatic nitrogens is 2. The first-order valence-electron chi connectivity index (χ1n) is 3.73. The number of aromatic amines is 1. The second-order valence-corrected chi connectivity index (χ2v) is 2.89. The maximum atomic E-state index is 12.0. The summed E-state index contributed by atoms with van der Waals surface area (Å²) >= 11 is 0. The molecular formula is C7H10F3N3. The first kappa shape index (κ1) is 10.0. The van der Waals surface area contributed by atoms with Crippen molar-refractivity contribution in [1.82, 2.24) is 10.2 Å². The quantitative estimate of drug-likeness (QED) is 0.740. The first-order chi connectivity index (χ1) is 5.89. The van der Waals surface area contributed by atoms with Crippen LogP contribution in [0.15, 0.2) is 6.07 Å². The maximum Gasteiger partial charge on any atom is 0.404 e. The van der Waals surface area contributed by atoms with E-state index in [1.54, 1.807) is 13.0 Å². The molecular weight excluding hydrogens is 183 g/mol. The maximum absolute atomic E-state index is 12.0. The first-order valence-corrected chi connectivity index (χ1v) is 3.73. The van der Waals surface area contributed by atoms with Gasteiger partial charge < -0.3 is 5.73 Å². The number of hydrogen-bond acceptors (Lipinski definition) is 2. The van der Waals surface area contributed by atoms with E-state index in [1.165, 1.54) is 0 Å². The van der Waals surface area contributed by atoms with Gasteiger partial charge in [-0.05, 0) is 13.0 Å². The Hall–Kier alpha value is -1.04. The highest BCUT2D eigenvalue weighted by Gasteiger charge is 2.36. The molecule has 6 heteroatoms. The number of halogens is 3. The van der Waals surface area contributed by atoms with Gasteiger partial charge in [-0.25, -0.2) is 0 Å². The molecule has 0 spiro atoms. The van der Waals surface area contributed by atoms with Crippen LogP contribution in [0.1, 0.15) is 11.4 Å². The lowest BCUT2D eigenvalue weighted by molar-refractivity contribution is -0.147. The molecule has 0 aliphatic carbocycles. The minimum Gasteiger partial charge on any atom is -0.320 e. The van der Waals surface area contributed by atoms with Crippen molar-refractivity contribution in [3.63, 3.8) is 0 Å². The van der Waals surface area contributed by atoms with Crippen molar-refractivity contribution < 1.29 is 13.2 Å². The lowest BCUT2D eigenvalue weighted by Crippen LogP contribution is -2.39. The van der Waals surface area contributed by atoms with Crippen LogP contribution in [0.3, 0.4) is 0 Å². The van der Waals surface area contributed by atoms with Gasteiger partial charge in [0.1, 0.15) is 6.04 Å². The third-order valence-electron chi connectivity index (χ3n) is 1.61. The number of rotatable bonds is 2. The summed E-state index contributed by atoms with van der Waals surface area (Å²) < 4.78 is 35.9. The average Bonchev–Trinajstić information content (AvgIpc) is 2.33. The van der Waals surface area contributed by atoms with Crippen LogP contribution < -0.4 is 5.73 Å². The average molecular weight is 193 g/mol. The predicted octanol–water partition coefficient (Wildman–Crippen LogP) is 1.15. The molecule has 74 valence electrons. The van der Waals surface area contributed by atoms with Crippen LogP contribution in [-0.2, 0) is 6.42 Å². The van der Waals surface area contributed by atoms with Gasteiger partial charge in [-0.3, -0.25) is 5.10 Å². The van der Waals surface area contributed by atoms with Crippen molar-refractivity contribution in [2.45, 2.75) is 25.6 Å². The summed E-state index contributed by atoms with van der Waals surface area (Å²) in [5.41, 5.74) is 5.97. The van der Waals surface area contributed by atoms with Crippen molar-refractivity contribution in [3.05, 3.63) is 17.5 Å². The molecule has 0 bridgehead atoms. The third-order valence-corrected chi connectivity index (χ3v) is 1.61. The van der Waals surface area contributed by atoms with Gasteiger partial charge in [-0.15, -0.1) is 0 Å². The second-order valence-electron chi connectivity index (χ2n) is 2.89. The Labute approximate surface area is 73.1 Å². The molecule has 0 fully saturated rings. The summed E-state index contributed by atoms with van der Waals surface area (Å²) in [4.78, 5) is 0. The molecule has 0 aliphatic heterocycles. The van der Waals surface area contributed by atoms with Gasteiger partial charge in [-0.1, -0.05) is 0 Å². The van der Waals surface area contributed by atoms with E-state index in [9.17, 15) is 13.2 Å². The number of H-pyrrole nitrogens is 1. The summed E-state index contributed by atoms with van der Waals surface area (Å²) in [6.45, 7) is 1.72. The fourth-order valence-corrected chi connectivity index (χ4v) is 0.920. The fraction of sp³-hybridized carbons (Fsp3) is 0.571. The molecule has 1 heterocycles. The Morgan fingerprint density at radius 1 is 1.62 bits per heavy atom. The van der Waals surface area contributed by atoms with E-state index >= 15 is 0 Å². The monoisotopic (exact) mass is 193 g/mol. The van der Waals surface area contributed by atoms with Crippen LogP contribution in [0.2, 0.25) is 0 Å². The van der Waals surface area contributed by atoms with Crippen LogP contribution in [0.4, 0.5) is 13.2 Å². The largest absolute Gasteiger partial charge is 0.404 e. The third kappa shape index (κ3) is 2.73. The van der Waals surface area contributed by atoms with Gasteiger partial charge in [0.15, 0.2) is 0 Å². The van der Waals surface area contributed by atoms with Crippen molar-refractivity contribution in [1.29, 1.82) is 0 Å². The van der Waals surface area contributed by atoms with Crippen molar-refractivity contribution in [3.8, 4) is 0 Å². The minimum absolute atomic E-state index is 0.284. The number of nitrogens with zero attached hydrogens (tertiary/aromatic N) is 1. The van der Waals surface area contributed by atoms with Crippen molar-refractivity contribution >= 4 is 0 Å². The Morgan fingerprint density at radius 3 is 2.62 bits per heavy atom. The molecule has 0 saturated carbocycles. The number of hydrogen-bond donors (Lipinski definition) is 2. The number of nitrogens with one attached hydrogen (secondary N) is 1. The highest BCUT2D eigenvalue weighted by atomic mass is 19.4. The Kier molecular flexibility index (Phi) is 2.60. The molecule has 1 aromatic rings. The van der Waals surface area contributed by atoms with Crippen LogP contribution >= 0.6 is 0 Å². The molecule has 0 amide bonds. The number of nitrogens with two attached hydrogens (primary N) is 1. The molecule has 1 aromatic heterocycles. The molecule has 3 nitrogen and oxygen atoms in total. The van der Waals surface area contributed by atoms with Crippen LogP contribution in [-0.4, -0.2) is 22.4 Å². The van der Waals surface area contributed by atoms with Gasteiger partial charge in [0.05, 0.1) is 5.69 Å². The molecule has 3 N–H and O–H groups in total. The van der Waals surface area contributed by atoms with Crippen molar-refractivity contribution in [2.75, 3.05) is 0 Å². The summed E-state index contributed by atoms with van der Waals surface area (Å²) in [7, 11) is 0. The van der Waals surface area contributed by atoms with Crippen LogP contribution in [0.5, 0.6) is 0 Å². The summed E-state index contributed by atoms with van der Waals surface area (Å²) in [5.74, 6) is 0. The van der Waals surface area contributed by atoms with Gasteiger partial charge in [0.2, 0.25) is 0 Å². The Morgan fingerprint density at radius 2 is 2.23 bits per heavy atom. The zero-order valence-corrected chi connectivity index (χ0v) is 7.02. The molecule has 0 aliphatic rings. The van der Waals surface area contributed by atoms with Gasteiger partial charge in [0.25, 0.3) is 0 Å². The Bertz CT molecular complexity index is 279. The SMILES string of the molecule is Cc1cc(CC(N)C(F)(F)F)n[nH]1. The fourth-order valence-electron chi connectivity index (χ4n) is 0.920. The lowest BCUT2D eigenvalue weighted by atomic mass is 10.1. The molecule has 13 heavy (non-hydrogen) atoms. The summed E-state index contributed by atoms with van der Waals surface area (Å²) in [5, 5.41) is 6.22. The standard InChI is InChI=1S/C7H10F3N3/c1-4-2-5(13-12-4)3-6(11)7(8,9)10/h2,6H,3,11H2,1H3,(H,12,13). The van der Waals surface area contributed by atoms with E-state index in [2.05, 4.69) is 10.2 Å². The van der Waals surface area contributed by atoms with Crippen molar-refractivity contribution in [2.24, 2.45) is 5.73 Å². The van der Waals surface area contributed by atoms with Crippen LogP contribution in [0.25, 0.3) is 0 Å². The zero-order chi connectivity index (χ0) is 10.1. The smallest absolute Gasteiger partial charge is 0.320 e. The predicted molar refractivity (Wildman–Crippen MR) is 41.1 cm³/mol. The van der Waals surface area contributed by atoms with Gasteiger partial charge in [-0.2, -0.15) is 18.3 Å². The topological polar surface area (TPSA) is 54.7 Å². The molecule has 0 aromatic carbocycles. The highest BCUT2D eigenvalue weighted by molar-refractivity contribution is 5.08. The van der Waals surface area contributed by atoms with Gasteiger partial charge >= 0.3 is 6.18 Å². The lowest BCUT2D eigenvalue weighted by Gasteiger charge is -2.13. The molecule has 1 unspecified atom stereocenters. The Balaban J connectivity index is 2.60. The molecule has 1 rings (SSSR count). The molecule has 0 saturated heterocycles. The van der Waals surface area contributed by atoms with E-state index in [0.717, 1.165) is 5.69 Å². The molecule has 1 atom stereocenters. The van der Waals surface area contributed by atoms with E-state index < -0.39 is 12.2 Å². The number of alkyl halides is 3. The normalized spacial score (nSPS) is 14.5.